The van der Waals surface area contributed by atoms with Crippen LogP contribution < -0.4 is 10.3 Å². The summed E-state index contributed by atoms with van der Waals surface area (Å²) in [5, 5.41) is 27.4. The van der Waals surface area contributed by atoms with Crippen LogP contribution in [0.25, 0.3) is 10.9 Å². The highest BCUT2D eigenvalue weighted by atomic mass is 79.9. The number of fused-ring (bicyclic) bond motifs is 1. The summed E-state index contributed by atoms with van der Waals surface area (Å²) < 4.78 is 7.54. The van der Waals surface area contributed by atoms with Gasteiger partial charge in [-0.05, 0) is 43.2 Å². The normalized spacial score (nSPS) is 14.1. The van der Waals surface area contributed by atoms with E-state index in [4.69, 9.17) is 9.72 Å². The fraction of sp³-hybridized carbons (Fsp3) is 0.231. The van der Waals surface area contributed by atoms with Gasteiger partial charge in [-0.3, -0.25) is 25.0 Å². The zero-order valence-electron chi connectivity index (χ0n) is 20.4. The topological polar surface area (TPSA) is 156 Å². The molecule has 0 N–H and O–H groups in total. The van der Waals surface area contributed by atoms with E-state index >= 15 is 0 Å². The number of hydrogen-bond donors (Lipinski definition) is 0. The largest absolute Gasteiger partial charge is 0.432 e. The lowest BCUT2D eigenvalue weighted by Gasteiger charge is -2.22. The summed E-state index contributed by atoms with van der Waals surface area (Å²) in [5.41, 5.74) is 0.0342. The molecule has 2 aromatic carbocycles. The molecule has 0 bridgehead atoms. The first-order chi connectivity index (χ1) is 18.8. The van der Waals surface area contributed by atoms with Crippen LogP contribution in [0, 0.1) is 20.2 Å². The van der Waals surface area contributed by atoms with Crippen LogP contribution >= 0.6 is 15.9 Å². The Labute approximate surface area is 229 Å². The van der Waals surface area contributed by atoms with Crippen molar-refractivity contribution in [2.75, 3.05) is 0 Å². The standard InChI is InChI=1S/C26H21BrN6O6/c27-18-7-9-21-20(13-18)26(34)31(25(30-21)17-4-2-1-3-5-17)29-14-16-6-10-23(22(12-16)33(37)38)39-24-11-8-19(15-28-24)32(35)36/h6-15,17H,1-5H2. The lowest BCUT2D eigenvalue weighted by molar-refractivity contribution is -0.385. The van der Waals surface area contributed by atoms with Gasteiger partial charge in [0.1, 0.15) is 12.0 Å². The van der Waals surface area contributed by atoms with Gasteiger partial charge in [-0.25, -0.2) is 9.97 Å². The van der Waals surface area contributed by atoms with Crippen molar-refractivity contribution in [1.29, 1.82) is 0 Å². The zero-order valence-corrected chi connectivity index (χ0v) is 22.0. The first-order valence-electron chi connectivity index (χ1n) is 12.1. The van der Waals surface area contributed by atoms with E-state index < -0.39 is 9.85 Å². The molecule has 0 amide bonds. The summed E-state index contributed by atoms with van der Waals surface area (Å²) in [4.78, 5) is 43.5. The van der Waals surface area contributed by atoms with Crippen LogP contribution in [0.15, 0.2) is 69.1 Å². The van der Waals surface area contributed by atoms with Crippen molar-refractivity contribution in [1.82, 2.24) is 14.6 Å². The molecule has 0 atom stereocenters. The van der Waals surface area contributed by atoms with Crippen LogP contribution in [0.5, 0.6) is 11.6 Å². The number of aromatic nitrogens is 3. The molecule has 0 unspecified atom stereocenters. The third kappa shape index (κ3) is 5.67. The Morgan fingerprint density at radius 3 is 2.51 bits per heavy atom. The number of rotatable bonds is 7. The van der Waals surface area contributed by atoms with Gasteiger partial charge >= 0.3 is 5.69 Å². The highest BCUT2D eigenvalue weighted by Crippen LogP contribution is 2.33. The van der Waals surface area contributed by atoms with Crippen molar-refractivity contribution in [3.8, 4) is 11.6 Å². The van der Waals surface area contributed by atoms with E-state index in [0.717, 1.165) is 42.8 Å². The number of nitrogens with zero attached hydrogens (tertiary/aromatic N) is 6. The molecule has 198 valence electrons. The van der Waals surface area contributed by atoms with Gasteiger partial charge in [-0.15, -0.1) is 0 Å². The van der Waals surface area contributed by atoms with Crippen LogP contribution in [0.4, 0.5) is 11.4 Å². The molecule has 5 rings (SSSR count). The highest BCUT2D eigenvalue weighted by Gasteiger charge is 2.23. The monoisotopic (exact) mass is 592 g/mol. The number of hydrogen-bond acceptors (Lipinski definition) is 9. The first kappa shape index (κ1) is 26.1. The number of ether oxygens (including phenoxy) is 1. The Hall–Kier alpha value is -4.52. The molecule has 1 aliphatic carbocycles. The van der Waals surface area contributed by atoms with Gasteiger partial charge in [0.25, 0.3) is 11.2 Å². The number of halogens is 1. The van der Waals surface area contributed by atoms with E-state index in [0.29, 0.717) is 22.3 Å². The fourth-order valence-electron chi connectivity index (χ4n) is 4.52. The number of benzene rings is 2. The maximum Gasteiger partial charge on any atom is 0.312 e. The van der Waals surface area contributed by atoms with Crippen LogP contribution in [0.2, 0.25) is 0 Å². The zero-order chi connectivity index (χ0) is 27.5. The summed E-state index contributed by atoms with van der Waals surface area (Å²) in [6.07, 6.45) is 7.40. The Morgan fingerprint density at radius 1 is 1.03 bits per heavy atom. The molecule has 13 heteroatoms. The van der Waals surface area contributed by atoms with Crippen LogP contribution in [0.3, 0.4) is 0 Å². The molecule has 0 aliphatic heterocycles. The summed E-state index contributed by atoms with van der Waals surface area (Å²) in [6, 6.07) is 12.0. The molecule has 2 heterocycles. The molecule has 4 aromatic rings. The highest BCUT2D eigenvalue weighted by molar-refractivity contribution is 9.10. The number of nitro benzene ring substituents is 1. The maximum atomic E-state index is 13.5. The molecule has 12 nitrogen and oxygen atoms in total. The Morgan fingerprint density at radius 2 is 1.82 bits per heavy atom. The van der Waals surface area contributed by atoms with E-state index in [1.807, 2.05) is 6.07 Å². The minimum absolute atomic E-state index is 0.0396. The van der Waals surface area contributed by atoms with Crippen LogP contribution in [-0.4, -0.2) is 30.7 Å². The van der Waals surface area contributed by atoms with Crippen LogP contribution in [-0.2, 0) is 0 Å². The predicted octanol–water partition coefficient (Wildman–Crippen LogP) is 6.09. The van der Waals surface area contributed by atoms with E-state index in [1.165, 1.54) is 35.2 Å². The molecule has 0 spiro atoms. The summed E-state index contributed by atoms with van der Waals surface area (Å²) in [6.45, 7) is 0. The fourth-order valence-corrected chi connectivity index (χ4v) is 4.89. The molecular formula is C26H21BrN6O6. The van der Waals surface area contributed by atoms with Gasteiger partial charge in [-0.2, -0.15) is 9.78 Å². The van der Waals surface area contributed by atoms with Gasteiger partial charge in [0, 0.05) is 34.2 Å². The Bertz CT molecular complexity index is 1660. The van der Waals surface area contributed by atoms with Gasteiger partial charge in [0.15, 0.2) is 0 Å². The van der Waals surface area contributed by atoms with Crippen molar-refractivity contribution < 1.29 is 14.6 Å². The Balaban J connectivity index is 1.51. The number of nitro groups is 2. The minimum Gasteiger partial charge on any atom is -0.432 e. The van der Waals surface area contributed by atoms with Crippen molar-refractivity contribution in [2.45, 2.75) is 38.0 Å². The van der Waals surface area contributed by atoms with Gasteiger partial charge in [-0.1, -0.05) is 35.2 Å². The summed E-state index contributed by atoms with van der Waals surface area (Å²) >= 11 is 3.40. The third-order valence-electron chi connectivity index (χ3n) is 6.45. The SMILES string of the molecule is O=c1c2cc(Br)ccc2nc(C2CCCCC2)n1N=Cc1ccc(Oc2ccc([N+](=O)[O-])cn2)c([N+](=O)[O-])c1. The molecule has 1 aliphatic rings. The minimum atomic E-state index is -0.618. The maximum absolute atomic E-state index is 13.5. The van der Waals surface area contributed by atoms with Crippen molar-refractivity contribution in [3.63, 3.8) is 0 Å². The predicted molar refractivity (Wildman–Crippen MR) is 147 cm³/mol. The van der Waals surface area contributed by atoms with E-state index in [9.17, 15) is 25.0 Å². The van der Waals surface area contributed by atoms with Crippen molar-refractivity contribution >= 4 is 44.4 Å². The Kier molecular flexibility index (Phi) is 7.41. The molecular weight excluding hydrogens is 572 g/mol. The summed E-state index contributed by atoms with van der Waals surface area (Å²) in [7, 11) is 0. The molecule has 2 aromatic heterocycles. The second kappa shape index (κ2) is 11.1. The van der Waals surface area contributed by atoms with Crippen LogP contribution in [0.1, 0.15) is 49.4 Å². The average molecular weight is 593 g/mol. The number of pyridine rings is 1. The smallest absolute Gasteiger partial charge is 0.312 e. The molecule has 1 saturated carbocycles. The lowest BCUT2D eigenvalue weighted by Crippen LogP contribution is -2.25. The molecule has 1 fully saturated rings. The van der Waals surface area contributed by atoms with Crippen molar-refractivity contribution in [2.24, 2.45) is 5.10 Å². The second-order valence-electron chi connectivity index (χ2n) is 9.03. The van der Waals surface area contributed by atoms with E-state index in [-0.39, 0.29) is 34.5 Å². The van der Waals surface area contributed by atoms with Crippen molar-refractivity contribution in [3.05, 3.63) is 101 Å². The van der Waals surface area contributed by atoms with Gasteiger partial charge in [0.2, 0.25) is 11.6 Å². The average Bonchev–Trinajstić information content (AvgIpc) is 2.94. The second-order valence-corrected chi connectivity index (χ2v) is 9.94. The quantitative estimate of drug-likeness (QED) is 0.142. The summed E-state index contributed by atoms with van der Waals surface area (Å²) in [5.74, 6) is 0.512. The lowest BCUT2D eigenvalue weighted by atomic mass is 9.88. The molecule has 39 heavy (non-hydrogen) atoms. The van der Waals surface area contributed by atoms with E-state index in [2.05, 4.69) is 26.0 Å². The molecule has 0 saturated heterocycles. The molecule has 0 radical (unpaired) electrons. The van der Waals surface area contributed by atoms with Gasteiger partial charge < -0.3 is 4.74 Å². The first-order valence-corrected chi connectivity index (χ1v) is 12.9. The third-order valence-corrected chi connectivity index (χ3v) is 6.95. The van der Waals surface area contributed by atoms with Gasteiger partial charge in [0.05, 0.1) is 27.0 Å². The van der Waals surface area contributed by atoms with E-state index in [1.54, 1.807) is 18.2 Å².